The fraction of sp³-hybridized carbons (Fsp3) is 0.435. The van der Waals surface area contributed by atoms with Crippen LogP contribution in [0.3, 0.4) is 0 Å². The molecule has 3 aromatic rings. The summed E-state index contributed by atoms with van der Waals surface area (Å²) in [7, 11) is -3.10. The van der Waals surface area contributed by atoms with E-state index < -0.39 is 9.84 Å². The second-order valence-corrected chi connectivity index (χ2v) is 10.7. The van der Waals surface area contributed by atoms with Crippen molar-refractivity contribution in [2.45, 2.75) is 46.2 Å². The van der Waals surface area contributed by atoms with Gasteiger partial charge >= 0.3 is 0 Å². The smallest absolute Gasteiger partial charge is 0.255 e. The van der Waals surface area contributed by atoms with Crippen LogP contribution in [0.4, 0.5) is 0 Å². The zero-order valence-corrected chi connectivity index (χ0v) is 19.2. The van der Waals surface area contributed by atoms with Crippen LogP contribution in [0, 0.1) is 6.92 Å². The molecule has 1 aliphatic rings. The van der Waals surface area contributed by atoms with Crippen molar-refractivity contribution in [2.24, 2.45) is 0 Å². The van der Waals surface area contributed by atoms with Crippen molar-refractivity contribution >= 4 is 26.8 Å². The van der Waals surface area contributed by atoms with Crippen LogP contribution in [0.2, 0.25) is 0 Å². The number of carbonyl (C=O) groups excluding carboxylic acids is 1. The summed E-state index contributed by atoms with van der Waals surface area (Å²) in [5.41, 5.74) is 3.92. The Morgan fingerprint density at radius 1 is 1.29 bits per heavy atom. The summed E-state index contributed by atoms with van der Waals surface area (Å²) in [5.74, 6) is -0.0148. The van der Waals surface area contributed by atoms with E-state index in [4.69, 9.17) is 4.98 Å². The SMILES string of the molecule is CCN(C(=O)c1cc(-c2ccccc2C)nc2c1cnn2C(C)C)C1CCS(=O)(=O)C1. The van der Waals surface area contributed by atoms with Crippen LogP contribution in [0.25, 0.3) is 22.3 Å². The summed E-state index contributed by atoms with van der Waals surface area (Å²) in [6, 6.07) is 9.55. The van der Waals surface area contributed by atoms with Gasteiger partial charge in [0.15, 0.2) is 15.5 Å². The number of hydrogen-bond donors (Lipinski definition) is 0. The van der Waals surface area contributed by atoms with Gasteiger partial charge in [-0.15, -0.1) is 0 Å². The van der Waals surface area contributed by atoms with E-state index in [1.807, 2.05) is 62.7 Å². The van der Waals surface area contributed by atoms with Gasteiger partial charge in [0.1, 0.15) is 0 Å². The summed E-state index contributed by atoms with van der Waals surface area (Å²) in [5, 5.41) is 5.18. The molecule has 1 saturated heterocycles. The number of benzene rings is 1. The van der Waals surface area contributed by atoms with Crippen molar-refractivity contribution in [1.29, 1.82) is 0 Å². The van der Waals surface area contributed by atoms with Crippen LogP contribution >= 0.6 is 0 Å². The molecule has 3 heterocycles. The Morgan fingerprint density at radius 2 is 2.03 bits per heavy atom. The van der Waals surface area contributed by atoms with E-state index in [-0.39, 0.29) is 29.5 Å². The number of amides is 1. The normalized spacial score (nSPS) is 18.0. The highest BCUT2D eigenvalue weighted by Gasteiger charge is 2.35. The van der Waals surface area contributed by atoms with Crippen LogP contribution in [-0.2, 0) is 9.84 Å². The summed E-state index contributed by atoms with van der Waals surface area (Å²) in [6.45, 7) is 8.40. The highest BCUT2D eigenvalue weighted by molar-refractivity contribution is 7.91. The largest absolute Gasteiger partial charge is 0.335 e. The molecule has 0 N–H and O–H groups in total. The second kappa shape index (κ2) is 8.07. The molecule has 7 nitrogen and oxygen atoms in total. The average Bonchev–Trinajstić information content (AvgIpc) is 3.31. The third-order valence-electron chi connectivity index (χ3n) is 5.96. The van der Waals surface area contributed by atoms with Crippen molar-refractivity contribution in [3.8, 4) is 11.3 Å². The predicted molar refractivity (Wildman–Crippen MR) is 122 cm³/mol. The van der Waals surface area contributed by atoms with Crippen molar-refractivity contribution in [1.82, 2.24) is 19.7 Å². The van der Waals surface area contributed by atoms with E-state index in [2.05, 4.69) is 5.10 Å². The maximum Gasteiger partial charge on any atom is 0.255 e. The Balaban J connectivity index is 1.88. The van der Waals surface area contributed by atoms with E-state index >= 15 is 0 Å². The number of fused-ring (bicyclic) bond motifs is 1. The third-order valence-corrected chi connectivity index (χ3v) is 7.71. The lowest BCUT2D eigenvalue weighted by Gasteiger charge is -2.27. The topological polar surface area (TPSA) is 85.2 Å². The van der Waals surface area contributed by atoms with Gasteiger partial charge in [0.25, 0.3) is 5.91 Å². The molecular formula is C23H28N4O3S. The third kappa shape index (κ3) is 3.96. The Bertz CT molecular complexity index is 1250. The minimum atomic E-state index is -3.10. The zero-order chi connectivity index (χ0) is 22.3. The lowest BCUT2D eigenvalue weighted by molar-refractivity contribution is 0.0710. The van der Waals surface area contributed by atoms with E-state index in [0.29, 0.717) is 35.3 Å². The number of hydrogen-bond acceptors (Lipinski definition) is 5. The predicted octanol–water partition coefficient (Wildman–Crippen LogP) is 3.64. The van der Waals surface area contributed by atoms with Gasteiger partial charge in [-0.25, -0.2) is 18.1 Å². The molecule has 0 radical (unpaired) electrons. The summed E-state index contributed by atoms with van der Waals surface area (Å²) in [6.07, 6.45) is 2.17. The van der Waals surface area contributed by atoms with Gasteiger partial charge in [0, 0.05) is 24.2 Å². The van der Waals surface area contributed by atoms with Gasteiger partial charge in [0.2, 0.25) is 0 Å². The van der Waals surface area contributed by atoms with Crippen LogP contribution in [0.15, 0.2) is 36.5 Å². The number of aromatic nitrogens is 3. The van der Waals surface area contributed by atoms with Gasteiger partial charge in [-0.05, 0) is 45.7 Å². The molecule has 0 saturated carbocycles. The molecule has 31 heavy (non-hydrogen) atoms. The van der Waals surface area contributed by atoms with Crippen LogP contribution in [0.5, 0.6) is 0 Å². The number of nitrogens with zero attached hydrogens (tertiary/aromatic N) is 4. The van der Waals surface area contributed by atoms with Crippen LogP contribution in [-0.4, -0.2) is 58.1 Å². The molecule has 0 aliphatic carbocycles. The second-order valence-electron chi connectivity index (χ2n) is 8.44. The first-order valence-electron chi connectivity index (χ1n) is 10.7. The van der Waals surface area contributed by atoms with E-state index in [1.54, 1.807) is 11.1 Å². The molecule has 1 atom stereocenters. The van der Waals surface area contributed by atoms with Crippen molar-refractivity contribution in [2.75, 3.05) is 18.1 Å². The highest BCUT2D eigenvalue weighted by Crippen LogP contribution is 2.30. The molecule has 0 spiro atoms. The molecule has 0 bridgehead atoms. The average molecular weight is 441 g/mol. The highest BCUT2D eigenvalue weighted by atomic mass is 32.2. The minimum Gasteiger partial charge on any atom is -0.335 e. The number of pyridine rings is 1. The molecule has 2 aromatic heterocycles. The van der Waals surface area contributed by atoms with Crippen molar-refractivity contribution < 1.29 is 13.2 Å². The van der Waals surface area contributed by atoms with Crippen LogP contribution in [0.1, 0.15) is 49.2 Å². The monoisotopic (exact) mass is 440 g/mol. The lowest BCUT2D eigenvalue weighted by atomic mass is 10.0. The van der Waals surface area contributed by atoms with Gasteiger partial charge < -0.3 is 4.90 Å². The van der Waals surface area contributed by atoms with E-state index in [0.717, 1.165) is 11.1 Å². The minimum absolute atomic E-state index is 0.0245. The van der Waals surface area contributed by atoms with Gasteiger partial charge in [0.05, 0.1) is 34.3 Å². The molecule has 1 aromatic carbocycles. The standard InChI is InChI=1S/C23H28N4O3S/c1-5-26(17-10-11-31(29,30)14-17)23(28)19-12-21(18-9-7-6-8-16(18)4)25-22-20(19)13-24-27(22)15(2)3/h6-9,12-13,15,17H,5,10-11,14H2,1-4H3. The van der Waals surface area contributed by atoms with Crippen molar-refractivity contribution in [3.05, 3.63) is 47.7 Å². The van der Waals surface area contributed by atoms with E-state index in [9.17, 15) is 13.2 Å². The lowest BCUT2D eigenvalue weighted by Crippen LogP contribution is -2.41. The first kappa shape index (κ1) is 21.5. The Labute approximate surface area is 183 Å². The molecule has 1 unspecified atom stereocenters. The van der Waals surface area contributed by atoms with Gasteiger partial charge in [-0.2, -0.15) is 5.10 Å². The molecule has 4 rings (SSSR count). The van der Waals surface area contributed by atoms with Crippen molar-refractivity contribution in [3.63, 3.8) is 0 Å². The maximum absolute atomic E-state index is 13.7. The first-order valence-corrected chi connectivity index (χ1v) is 12.5. The molecule has 1 fully saturated rings. The molecule has 1 aliphatic heterocycles. The number of sulfone groups is 1. The quantitative estimate of drug-likeness (QED) is 0.605. The van der Waals surface area contributed by atoms with Crippen LogP contribution < -0.4 is 0 Å². The number of carbonyl (C=O) groups is 1. The Morgan fingerprint density at radius 3 is 2.65 bits per heavy atom. The fourth-order valence-electron chi connectivity index (χ4n) is 4.31. The molecule has 8 heteroatoms. The summed E-state index contributed by atoms with van der Waals surface area (Å²) < 4.78 is 25.9. The molecule has 1 amide bonds. The Kier molecular flexibility index (Phi) is 5.60. The Hall–Kier alpha value is -2.74. The van der Waals surface area contributed by atoms with Gasteiger partial charge in [-0.1, -0.05) is 24.3 Å². The molecule has 164 valence electrons. The van der Waals surface area contributed by atoms with E-state index in [1.165, 1.54) is 0 Å². The first-order chi connectivity index (χ1) is 14.7. The number of rotatable bonds is 5. The maximum atomic E-state index is 13.7. The summed E-state index contributed by atoms with van der Waals surface area (Å²) >= 11 is 0. The fourth-order valence-corrected chi connectivity index (χ4v) is 6.05. The van der Waals surface area contributed by atoms with Gasteiger partial charge in [-0.3, -0.25) is 4.79 Å². The molecular weight excluding hydrogens is 412 g/mol. The zero-order valence-electron chi connectivity index (χ0n) is 18.4. The summed E-state index contributed by atoms with van der Waals surface area (Å²) in [4.78, 5) is 20.3. The number of aryl methyl sites for hydroxylation is 1.